The van der Waals surface area contributed by atoms with Gasteiger partial charge in [-0.15, -0.1) is 0 Å². The van der Waals surface area contributed by atoms with Gasteiger partial charge < -0.3 is 20.6 Å². The molecule has 8 heteroatoms. The number of hydrogen-bond acceptors (Lipinski definition) is 6. The number of aromatic amines is 1. The van der Waals surface area contributed by atoms with Gasteiger partial charge in [-0.3, -0.25) is 4.79 Å². The molecule has 20 heavy (non-hydrogen) atoms. The van der Waals surface area contributed by atoms with Crippen LogP contribution in [0.15, 0.2) is 39.1 Å². The lowest BCUT2D eigenvalue weighted by molar-refractivity contribution is 0.0693. The van der Waals surface area contributed by atoms with Crippen LogP contribution >= 0.6 is 11.8 Å². The van der Waals surface area contributed by atoms with Crippen molar-refractivity contribution in [1.29, 1.82) is 0 Å². The molecule has 7 nitrogen and oxygen atoms in total. The number of hydrogen-bond donors (Lipinski definition) is 3. The number of benzene rings is 1. The number of nitrogens with one attached hydrogen (secondary N) is 1. The third-order valence-electron chi connectivity index (χ3n) is 2.37. The third-order valence-corrected chi connectivity index (χ3v) is 3.31. The van der Waals surface area contributed by atoms with Gasteiger partial charge in [0.25, 0.3) is 5.56 Å². The highest BCUT2D eigenvalue weighted by atomic mass is 32.2. The van der Waals surface area contributed by atoms with Crippen LogP contribution in [0.1, 0.15) is 10.4 Å². The Bertz CT molecular complexity index is 714. The van der Waals surface area contributed by atoms with E-state index in [4.69, 9.17) is 15.6 Å². The second-order valence-corrected chi connectivity index (χ2v) is 4.78. The number of nitrogens with two attached hydrogens (primary N) is 1. The molecule has 0 unspecified atom stereocenters. The van der Waals surface area contributed by atoms with Crippen molar-refractivity contribution in [2.45, 2.75) is 10.1 Å². The van der Waals surface area contributed by atoms with Crippen molar-refractivity contribution in [3.8, 4) is 5.75 Å². The van der Waals surface area contributed by atoms with Gasteiger partial charge in [-0.2, -0.15) is 0 Å². The molecule has 2 aromatic rings. The van der Waals surface area contributed by atoms with Crippen LogP contribution in [-0.4, -0.2) is 28.2 Å². The van der Waals surface area contributed by atoms with Crippen molar-refractivity contribution < 1.29 is 14.6 Å². The molecule has 0 bridgehead atoms. The van der Waals surface area contributed by atoms with E-state index >= 15 is 0 Å². The maximum atomic E-state index is 11.3. The molecule has 0 aliphatic heterocycles. The van der Waals surface area contributed by atoms with Crippen LogP contribution in [0.3, 0.4) is 0 Å². The van der Waals surface area contributed by atoms with Crippen LogP contribution in [0.25, 0.3) is 0 Å². The molecular formula is C12H11N3O4S. The second-order valence-electron chi connectivity index (χ2n) is 3.74. The van der Waals surface area contributed by atoms with Crippen molar-refractivity contribution >= 4 is 23.5 Å². The Morgan fingerprint density at radius 1 is 1.45 bits per heavy atom. The maximum Gasteiger partial charge on any atom is 0.336 e. The van der Waals surface area contributed by atoms with E-state index in [1.807, 2.05) is 0 Å². The zero-order valence-electron chi connectivity index (χ0n) is 10.4. The number of aromatic carboxylic acids is 1. The normalized spacial score (nSPS) is 10.2. The third kappa shape index (κ3) is 3.09. The summed E-state index contributed by atoms with van der Waals surface area (Å²) in [6.45, 7) is 0. The predicted octanol–water partition coefficient (Wildman–Crippen LogP) is 1.21. The van der Waals surface area contributed by atoms with Crippen LogP contribution in [0.5, 0.6) is 5.75 Å². The summed E-state index contributed by atoms with van der Waals surface area (Å²) >= 11 is 0.993. The molecule has 1 aromatic carbocycles. The minimum Gasteiger partial charge on any atom is -0.497 e. The first-order valence-electron chi connectivity index (χ1n) is 5.45. The highest BCUT2D eigenvalue weighted by Crippen LogP contribution is 2.31. The SMILES string of the molecule is COc1ccc(C(=O)O)c(Sc2nc(N)cc(=O)[nH]2)c1. The van der Waals surface area contributed by atoms with E-state index in [1.54, 1.807) is 12.1 Å². The summed E-state index contributed by atoms with van der Waals surface area (Å²) in [5, 5.41) is 9.36. The summed E-state index contributed by atoms with van der Waals surface area (Å²) in [6.07, 6.45) is 0. The molecule has 104 valence electrons. The summed E-state index contributed by atoms with van der Waals surface area (Å²) in [4.78, 5) is 29.3. The van der Waals surface area contributed by atoms with Gasteiger partial charge in [0.15, 0.2) is 5.16 Å². The number of nitrogens with zero attached hydrogens (tertiary/aromatic N) is 1. The Morgan fingerprint density at radius 2 is 2.20 bits per heavy atom. The Morgan fingerprint density at radius 3 is 2.80 bits per heavy atom. The van der Waals surface area contributed by atoms with Crippen LogP contribution in [0, 0.1) is 0 Å². The van der Waals surface area contributed by atoms with Gasteiger partial charge in [0.1, 0.15) is 11.6 Å². The lowest BCUT2D eigenvalue weighted by atomic mass is 10.2. The van der Waals surface area contributed by atoms with E-state index in [2.05, 4.69) is 9.97 Å². The first kappa shape index (κ1) is 13.9. The van der Waals surface area contributed by atoms with Gasteiger partial charge in [-0.1, -0.05) is 11.8 Å². The number of rotatable bonds is 4. The van der Waals surface area contributed by atoms with Gasteiger partial charge in [-0.25, -0.2) is 9.78 Å². The van der Waals surface area contributed by atoms with Gasteiger partial charge in [0.05, 0.1) is 12.7 Å². The van der Waals surface area contributed by atoms with E-state index in [1.165, 1.54) is 13.2 Å². The van der Waals surface area contributed by atoms with Crippen LogP contribution < -0.4 is 16.0 Å². The standard InChI is InChI=1S/C12H11N3O4S/c1-19-6-2-3-7(11(17)18)8(4-6)20-12-14-9(13)5-10(16)15-12/h2-5H,1H3,(H,17,18)(H3,13,14,15,16). The van der Waals surface area contributed by atoms with Crippen molar-refractivity contribution in [1.82, 2.24) is 9.97 Å². The number of carboxylic acids is 1. The van der Waals surface area contributed by atoms with E-state index in [-0.39, 0.29) is 16.5 Å². The van der Waals surface area contributed by atoms with Crippen LogP contribution in [0.4, 0.5) is 5.82 Å². The number of carboxylic acid groups (broad SMARTS) is 1. The van der Waals surface area contributed by atoms with Crippen molar-refractivity contribution in [3.05, 3.63) is 40.2 Å². The van der Waals surface area contributed by atoms with Gasteiger partial charge in [0.2, 0.25) is 0 Å². The molecule has 0 radical (unpaired) electrons. The molecule has 1 aromatic heterocycles. The summed E-state index contributed by atoms with van der Waals surface area (Å²) < 4.78 is 5.05. The average molecular weight is 293 g/mol. The number of methoxy groups -OCH3 is 1. The summed E-state index contributed by atoms with van der Waals surface area (Å²) in [5.74, 6) is -0.513. The Balaban J connectivity index is 2.45. The molecule has 0 aliphatic carbocycles. The fourth-order valence-electron chi connectivity index (χ4n) is 1.50. The highest BCUT2D eigenvalue weighted by Gasteiger charge is 2.14. The van der Waals surface area contributed by atoms with Crippen molar-refractivity contribution in [3.63, 3.8) is 0 Å². The molecule has 0 atom stereocenters. The van der Waals surface area contributed by atoms with E-state index in [0.29, 0.717) is 10.6 Å². The fourth-order valence-corrected chi connectivity index (χ4v) is 2.45. The van der Waals surface area contributed by atoms with E-state index < -0.39 is 11.5 Å². The molecular weight excluding hydrogens is 282 g/mol. The molecule has 0 spiro atoms. The number of aromatic nitrogens is 2. The molecule has 0 saturated carbocycles. The average Bonchev–Trinajstić information content (AvgIpc) is 2.37. The Kier molecular flexibility index (Phi) is 3.94. The molecule has 0 fully saturated rings. The van der Waals surface area contributed by atoms with Gasteiger partial charge in [-0.05, 0) is 18.2 Å². The number of ether oxygens (including phenoxy) is 1. The molecule has 0 amide bonds. The van der Waals surface area contributed by atoms with E-state index in [0.717, 1.165) is 17.8 Å². The second kappa shape index (κ2) is 5.66. The minimum atomic E-state index is -1.08. The van der Waals surface area contributed by atoms with Crippen molar-refractivity contribution in [2.24, 2.45) is 0 Å². The monoisotopic (exact) mass is 293 g/mol. The molecule has 0 aliphatic rings. The lowest BCUT2D eigenvalue weighted by Crippen LogP contribution is -2.09. The highest BCUT2D eigenvalue weighted by molar-refractivity contribution is 7.99. The zero-order chi connectivity index (χ0) is 14.7. The molecule has 4 N–H and O–H groups in total. The van der Waals surface area contributed by atoms with Crippen LogP contribution in [0.2, 0.25) is 0 Å². The number of H-pyrrole nitrogens is 1. The quantitative estimate of drug-likeness (QED) is 0.725. The summed E-state index contributed by atoms with van der Waals surface area (Å²) in [6, 6.07) is 5.67. The topological polar surface area (TPSA) is 118 Å². The summed E-state index contributed by atoms with van der Waals surface area (Å²) in [5.41, 5.74) is 5.16. The number of carbonyl (C=O) groups is 1. The first-order chi connectivity index (χ1) is 9.49. The van der Waals surface area contributed by atoms with Crippen molar-refractivity contribution in [2.75, 3.05) is 12.8 Å². The fraction of sp³-hybridized carbons (Fsp3) is 0.0833. The van der Waals surface area contributed by atoms with Gasteiger partial charge in [0, 0.05) is 11.0 Å². The summed E-state index contributed by atoms with van der Waals surface area (Å²) in [7, 11) is 1.48. The Hall–Kier alpha value is -2.48. The zero-order valence-corrected chi connectivity index (χ0v) is 11.2. The predicted molar refractivity (Wildman–Crippen MR) is 73.3 cm³/mol. The first-order valence-corrected chi connectivity index (χ1v) is 6.27. The van der Waals surface area contributed by atoms with Gasteiger partial charge >= 0.3 is 5.97 Å². The maximum absolute atomic E-state index is 11.3. The smallest absolute Gasteiger partial charge is 0.336 e. The molecule has 2 rings (SSSR count). The molecule has 1 heterocycles. The van der Waals surface area contributed by atoms with Crippen LogP contribution in [-0.2, 0) is 0 Å². The largest absolute Gasteiger partial charge is 0.497 e. The Labute approximate surface area is 117 Å². The van der Waals surface area contributed by atoms with E-state index in [9.17, 15) is 9.59 Å². The molecule has 0 saturated heterocycles. The number of anilines is 1. The minimum absolute atomic E-state index is 0.0658. The number of nitrogen functional groups attached to an aromatic ring is 1. The lowest BCUT2D eigenvalue weighted by Gasteiger charge is -2.07.